The van der Waals surface area contributed by atoms with E-state index in [0.717, 1.165) is 30.3 Å². The van der Waals surface area contributed by atoms with Crippen molar-refractivity contribution in [2.24, 2.45) is 0 Å². The Hall–Kier alpha value is 0.1000. The zero-order valence-electron chi connectivity index (χ0n) is 7.87. The van der Waals surface area contributed by atoms with Crippen LogP contribution in [0, 0.1) is 0 Å². The van der Waals surface area contributed by atoms with E-state index in [2.05, 4.69) is 32.7 Å². The van der Waals surface area contributed by atoms with Crippen LogP contribution in [0.5, 0.6) is 0 Å². The molecule has 1 aromatic rings. The van der Waals surface area contributed by atoms with Crippen molar-refractivity contribution in [1.29, 1.82) is 0 Å². The highest BCUT2D eigenvalue weighted by Crippen LogP contribution is 2.22. The quantitative estimate of drug-likeness (QED) is 0.889. The average molecular weight is 276 g/mol. The van der Waals surface area contributed by atoms with Gasteiger partial charge >= 0.3 is 0 Å². The summed E-state index contributed by atoms with van der Waals surface area (Å²) in [5.41, 5.74) is 0. The van der Waals surface area contributed by atoms with Crippen LogP contribution in [-0.4, -0.2) is 17.3 Å². The van der Waals surface area contributed by atoms with Gasteiger partial charge < -0.3 is 10.4 Å². The summed E-state index contributed by atoms with van der Waals surface area (Å²) in [5, 5.41) is 15.1. The zero-order valence-corrected chi connectivity index (χ0v) is 10.3. The van der Waals surface area contributed by atoms with E-state index < -0.39 is 0 Å². The minimum Gasteiger partial charge on any atom is -0.392 e. The number of thiophene rings is 1. The van der Waals surface area contributed by atoms with Gasteiger partial charge in [-0.2, -0.15) is 0 Å². The molecule has 2 nitrogen and oxygen atoms in total. The van der Waals surface area contributed by atoms with Crippen molar-refractivity contribution >= 4 is 27.3 Å². The molecule has 1 fully saturated rings. The fraction of sp³-hybridized carbons (Fsp3) is 0.600. The van der Waals surface area contributed by atoms with Gasteiger partial charge in [0, 0.05) is 27.3 Å². The van der Waals surface area contributed by atoms with Crippen LogP contribution in [0.3, 0.4) is 0 Å². The molecule has 0 aliphatic heterocycles. The molecule has 1 saturated carbocycles. The molecule has 1 heterocycles. The minimum absolute atomic E-state index is 0.140. The van der Waals surface area contributed by atoms with Gasteiger partial charge in [0.15, 0.2) is 0 Å². The lowest BCUT2D eigenvalue weighted by Gasteiger charge is -2.15. The number of aliphatic hydroxyl groups is 1. The van der Waals surface area contributed by atoms with Gasteiger partial charge in [0.2, 0.25) is 0 Å². The lowest BCUT2D eigenvalue weighted by molar-refractivity contribution is 0.149. The summed E-state index contributed by atoms with van der Waals surface area (Å²) in [6.45, 7) is 0.873. The third kappa shape index (κ3) is 2.57. The maximum absolute atomic E-state index is 9.60. The van der Waals surface area contributed by atoms with Gasteiger partial charge in [0.1, 0.15) is 0 Å². The number of rotatable bonds is 3. The van der Waals surface area contributed by atoms with Crippen molar-refractivity contribution in [1.82, 2.24) is 5.32 Å². The van der Waals surface area contributed by atoms with Crippen molar-refractivity contribution in [3.8, 4) is 0 Å². The molecule has 0 saturated heterocycles. The summed E-state index contributed by atoms with van der Waals surface area (Å²) in [5.74, 6) is 0. The first-order chi connectivity index (χ1) is 6.75. The van der Waals surface area contributed by atoms with Gasteiger partial charge in [-0.1, -0.05) is 0 Å². The van der Waals surface area contributed by atoms with E-state index >= 15 is 0 Å². The molecular formula is C10H14BrNOS. The second kappa shape index (κ2) is 4.75. The second-order valence-corrected chi connectivity index (χ2v) is 5.63. The number of halogens is 1. The lowest BCUT2D eigenvalue weighted by Crippen LogP contribution is -2.34. The molecule has 1 aliphatic rings. The molecule has 0 bridgehead atoms. The first kappa shape index (κ1) is 10.6. The molecule has 2 N–H and O–H groups in total. The molecule has 1 aromatic heterocycles. The Kier molecular flexibility index (Phi) is 3.60. The Morgan fingerprint density at radius 1 is 1.57 bits per heavy atom. The van der Waals surface area contributed by atoms with Gasteiger partial charge in [-0.3, -0.25) is 0 Å². The van der Waals surface area contributed by atoms with E-state index in [1.165, 1.54) is 4.88 Å². The van der Waals surface area contributed by atoms with Gasteiger partial charge in [0.05, 0.1) is 6.10 Å². The molecule has 2 atom stereocenters. The summed E-state index contributed by atoms with van der Waals surface area (Å²) in [4.78, 5) is 1.32. The number of nitrogens with one attached hydrogen (secondary N) is 1. The molecule has 0 spiro atoms. The highest BCUT2D eigenvalue weighted by Gasteiger charge is 2.24. The van der Waals surface area contributed by atoms with E-state index in [-0.39, 0.29) is 6.10 Å². The van der Waals surface area contributed by atoms with Crippen LogP contribution in [0.15, 0.2) is 15.9 Å². The molecule has 1 aliphatic carbocycles. The molecule has 4 heteroatoms. The smallest absolute Gasteiger partial charge is 0.0693 e. The van der Waals surface area contributed by atoms with E-state index in [1.54, 1.807) is 11.3 Å². The number of hydrogen-bond donors (Lipinski definition) is 2. The summed E-state index contributed by atoms with van der Waals surface area (Å²) in [7, 11) is 0. The predicted octanol–water partition coefficient (Wildman–Crippen LogP) is 2.51. The van der Waals surface area contributed by atoms with Crippen LogP contribution in [0.25, 0.3) is 0 Å². The highest BCUT2D eigenvalue weighted by molar-refractivity contribution is 9.10. The highest BCUT2D eigenvalue weighted by atomic mass is 79.9. The maximum Gasteiger partial charge on any atom is 0.0693 e. The third-order valence-electron chi connectivity index (χ3n) is 2.64. The molecule has 78 valence electrons. The number of hydrogen-bond acceptors (Lipinski definition) is 3. The van der Waals surface area contributed by atoms with Gasteiger partial charge in [0.25, 0.3) is 0 Å². The minimum atomic E-state index is -0.140. The van der Waals surface area contributed by atoms with E-state index in [1.807, 2.05) is 0 Å². The first-order valence-corrected chi connectivity index (χ1v) is 6.57. The largest absolute Gasteiger partial charge is 0.392 e. The van der Waals surface area contributed by atoms with Crippen LogP contribution in [0.1, 0.15) is 24.1 Å². The molecule has 2 rings (SSSR count). The Morgan fingerprint density at radius 2 is 2.43 bits per heavy atom. The topological polar surface area (TPSA) is 32.3 Å². The van der Waals surface area contributed by atoms with Crippen LogP contribution >= 0.6 is 27.3 Å². The SMILES string of the molecule is O[C@H]1CCC[C@@H]1NCc1cc(Br)cs1. The Labute approximate surface area is 96.5 Å². The number of aliphatic hydroxyl groups excluding tert-OH is 1. The van der Waals surface area contributed by atoms with Crippen LogP contribution in [0.4, 0.5) is 0 Å². The fourth-order valence-electron chi connectivity index (χ4n) is 1.86. The predicted molar refractivity (Wildman–Crippen MR) is 62.5 cm³/mol. The van der Waals surface area contributed by atoms with Crippen LogP contribution < -0.4 is 5.32 Å². The van der Waals surface area contributed by atoms with Crippen molar-refractivity contribution in [2.45, 2.75) is 38.0 Å². The summed E-state index contributed by atoms with van der Waals surface area (Å²) in [6.07, 6.45) is 3.06. The first-order valence-electron chi connectivity index (χ1n) is 4.90. The van der Waals surface area contributed by atoms with Crippen molar-refractivity contribution < 1.29 is 5.11 Å². The third-order valence-corrected chi connectivity index (χ3v) is 4.34. The zero-order chi connectivity index (χ0) is 9.97. The maximum atomic E-state index is 9.60. The van der Waals surface area contributed by atoms with Crippen molar-refractivity contribution in [3.63, 3.8) is 0 Å². The van der Waals surface area contributed by atoms with Gasteiger partial charge in [-0.15, -0.1) is 11.3 Å². The molecule has 0 unspecified atom stereocenters. The lowest BCUT2D eigenvalue weighted by atomic mass is 10.2. The standard InChI is InChI=1S/C10H14BrNOS/c11-7-4-8(14-6-7)5-12-9-2-1-3-10(9)13/h4,6,9-10,12-13H,1-3,5H2/t9-,10-/m0/s1. The molecule has 0 amide bonds. The monoisotopic (exact) mass is 275 g/mol. The molecule has 0 radical (unpaired) electrons. The fourth-order valence-corrected chi connectivity index (χ4v) is 3.26. The van der Waals surface area contributed by atoms with Crippen molar-refractivity contribution in [2.75, 3.05) is 0 Å². The normalized spacial score (nSPS) is 27.0. The van der Waals surface area contributed by atoms with E-state index in [9.17, 15) is 5.11 Å². The molecular weight excluding hydrogens is 262 g/mol. The average Bonchev–Trinajstić information content (AvgIpc) is 2.72. The Morgan fingerprint density at radius 3 is 3.00 bits per heavy atom. The van der Waals surface area contributed by atoms with Gasteiger partial charge in [-0.05, 0) is 41.3 Å². The van der Waals surface area contributed by atoms with Crippen LogP contribution in [0.2, 0.25) is 0 Å². The summed E-state index contributed by atoms with van der Waals surface area (Å²) < 4.78 is 1.14. The molecule has 0 aromatic carbocycles. The summed E-state index contributed by atoms with van der Waals surface area (Å²) >= 11 is 5.17. The summed E-state index contributed by atoms with van der Waals surface area (Å²) in [6, 6.07) is 2.43. The van der Waals surface area contributed by atoms with Crippen molar-refractivity contribution in [3.05, 3.63) is 20.8 Å². The Balaban J connectivity index is 1.82. The van der Waals surface area contributed by atoms with E-state index in [0.29, 0.717) is 6.04 Å². The van der Waals surface area contributed by atoms with E-state index in [4.69, 9.17) is 0 Å². The Bertz CT molecular complexity index is 302. The van der Waals surface area contributed by atoms with Crippen LogP contribution in [-0.2, 0) is 6.54 Å². The molecule has 14 heavy (non-hydrogen) atoms. The van der Waals surface area contributed by atoms with Gasteiger partial charge in [-0.25, -0.2) is 0 Å². The second-order valence-electron chi connectivity index (χ2n) is 3.72.